The minimum atomic E-state index is -4.46. The second kappa shape index (κ2) is 6.60. The lowest BCUT2D eigenvalue weighted by Gasteiger charge is -2.08. The Morgan fingerprint density at radius 1 is 1.04 bits per heavy atom. The predicted molar refractivity (Wildman–Crippen MR) is 70.2 cm³/mol. The zero-order valence-electron chi connectivity index (χ0n) is 11.2. The maximum atomic E-state index is 12.4. The number of nitrogens with one attached hydrogen (secondary N) is 1. The van der Waals surface area contributed by atoms with Gasteiger partial charge in [-0.05, 0) is 5.56 Å². The van der Waals surface area contributed by atoms with Crippen LogP contribution in [0.4, 0.5) is 31.5 Å². The predicted octanol–water partition coefficient (Wildman–Crippen LogP) is 4.11. The lowest BCUT2D eigenvalue weighted by atomic mass is 10.3. The zero-order valence-corrected chi connectivity index (χ0v) is 12.0. The fourth-order valence-electron chi connectivity index (χ4n) is 1.42. The van der Waals surface area contributed by atoms with E-state index in [0.717, 1.165) is 6.20 Å². The Bertz CT molecular complexity index is 637. The Hall–Kier alpha value is -2.04. The molecule has 126 valence electrons. The SMILES string of the molecule is FC(F)(F)COc1ccc(CNc2ncc(C(F)(F)F)s2)cn1. The van der Waals surface area contributed by atoms with Crippen LogP contribution in [0.2, 0.25) is 0 Å². The van der Waals surface area contributed by atoms with E-state index >= 15 is 0 Å². The molecule has 0 unspecified atom stereocenters. The summed E-state index contributed by atoms with van der Waals surface area (Å²) in [5, 5.41) is 2.75. The van der Waals surface area contributed by atoms with Crippen molar-refractivity contribution in [2.45, 2.75) is 18.9 Å². The number of alkyl halides is 6. The average molecular weight is 357 g/mol. The first kappa shape index (κ1) is 17.3. The molecule has 0 atom stereocenters. The van der Waals surface area contributed by atoms with Crippen LogP contribution in [0.15, 0.2) is 24.5 Å². The lowest BCUT2D eigenvalue weighted by Crippen LogP contribution is -2.19. The van der Waals surface area contributed by atoms with Crippen molar-refractivity contribution >= 4 is 16.5 Å². The molecule has 0 aromatic carbocycles. The number of anilines is 1. The van der Waals surface area contributed by atoms with Gasteiger partial charge in [0.25, 0.3) is 0 Å². The van der Waals surface area contributed by atoms with Crippen LogP contribution in [0.1, 0.15) is 10.4 Å². The van der Waals surface area contributed by atoms with Crippen LogP contribution in [0, 0.1) is 0 Å². The Labute approximate surface area is 130 Å². The van der Waals surface area contributed by atoms with E-state index in [9.17, 15) is 26.3 Å². The smallest absolute Gasteiger partial charge is 0.427 e. The van der Waals surface area contributed by atoms with E-state index in [1.165, 1.54) is 18.3 Å². The number of ether oxygens (including phenoxy) is 1. The van der Waals surface area contributed by atoms with Crippen molar-refractivity contribution in [2.24, 2.45) is 0 Å². The molecule has 0 bridgehead atoms. The number of aromatic nitrogens is 2. The van der Waals surface area contributed by atoms with Crippen LogP contribution >= 0.6 is 11.3 Å². The first-order chi connectivity index (χ1) is 10.6. The van der Waals surface area contributed by atoms with E-state index < -0.39 is 23.8 Å². The minimum absolute atomic E-state index is 0.0784. The first-order valence-electron chi connectivity index (χ1n) is 6.05. The van der Waals surface area contributed by atoms with Gasteiger partial charge in [0.15, 0.2) is 11.7 Å². The quantitative estimate of drug-likeness (QED) is 0.818. The second-order valence-corrected chi connectivity index (χ2v) is 5.32. The van der Waals surface area contributed by atoms with Gasteiger partial charge in [-0.3, -0.25) is 0 Å². The van der Waals surface area contributed by atoms with Gasteiger partial charge in [-0.15, -0.1) is 0 Å². The van der Waals surface area contributed by atoms with Crippen molar-refractivity contribution < 1.29 is 31.1 Å². The van der Waals surface area contributed by atoms with Gasteiger partial charge >= 0.3 is 12.4 Å². The number of nitrogens with zero attached hydrogens (tertiary/aromatic N) is 2. The molecule has 2 aromatic heterocycles. The zero-order chi connectivity index (χ0) is 17.1. The highest BCUT2D eigenvalue weighted by Gasteiger charge is 2.33. The molecule has 0 spiro atoms. The van der Waals surface area contributed by atoms with E-state index in [1.807, 2.05) is 0 Å². The average Bonchev–Trinajstić information content (AvgIpc) is 2.92. The monoisotopic (exact) mass is 357 g/mol. The van der Waals surface area contributed by atoms with Gasteiger partial charge in [-0.1, -0.05) is 17.4 Å². The number of pyridine rings is 1. The van der Waals surface area contributed by atoms with E-state index in [4.69, 9.17) is 0 Å². The molecule has 0 aliphatic heterocycles. The highest BCUT2D eigenvalue weighted by molar-refractivity contribution is 7.15. The molecule has 0 fully saturated rings. The van der Waals surface area contributed by atoms with Crippen molar-refractivity contribution in [3.05, 3.63) is 35.0 Å². The molecule has 2 heterocycles. The summed E-state index contributed by atoms with van der Waals surface area (Å²) >= 11 is 0.456. The number of hydrogen-bond acceptors (Lipinski definition) is 5. The summed E-state index contributed by atoms with van der Waals surface area (Å²) in [5.74, 6) is -0.195. The lowest BCUT2D eigenvalue weighted by molar-refractivity contribution is -0.154. The van der Waals surface area contributed by atoms with Crippen molar-refractivity contribution in [3.8, 4) is 5.88 Å². The van der Waals surface area contributed by atoms with E-state index in [-0.39, 0.29) is 17.6 Å². The Balaban J connectivity index is 1.88. The Kier molecular flexibility index (Phi) is 4.97. The minimum Gasteiger partial charge on any atom is -0.468 e. The van der Waals surface area contributed by atoms with Crippen LogP contribution in [0.25, 0.3) is 0 Å². The van der Waals surface area contributed by atoms with Crippen molar-refractivity contribution in [3.63, 3.8) is 0 Å². The van der Waals surface area contributed by atoms with Gasteiger partial charge in [0, 0.05) is 18.8 Å². The van der Waals surface area contributed by atoms with Crippen LogP contribution in [-0.2, 0) is 12.7 Å². The molecule has 2 aromatic rings. The largest absolute Gasteiger partial charge is 0.468 e. The first-order valence-corrected chi connectivity index (χ1v) is 6.86. The highest BCUT2D eigenvalue weighted by Crippen LogP contribution is 2.35. The molecule has 1 N–H and O–H groups in total. The maximum absolute atomic E-state index is 12.4. The molecule has 0 saturated carbocycles. The van der Waals surface area contributed by atoms with E-state index in [2.05, 4.69) is 20.0 Å². The fraction of sp³-hybridized carbons (Fsp3) is 0.333. The molecule has 4 nitrogen and oxygen atoms in total. The third-order valence-electron chi connectivity index (χ3n) is 2.41. The molecular weight excluding hydrogens is 348 g/mol. The standard InChI is InChI=1S/C12H9F6N3OS/c13-11(14,15)6-22-9-2-1-7(3-19-9)4-20-10-21-5-8(23-10)12(16,17)18/h1-3,5H,4,6H2,(H,20,21). The van der Waals surface area contributed by atoms with E-state index in [0.29, 0.717) is 16.9 Å². The number of rotatable bonds is 5. The summed E-state index contributed by atoms with van der Waals surface area (Å²) in [6.45, 7) is -1.33. The molecule has 11 heteroatoms. The molecule has 0 saturated heterocycles. The molecule has 0 aliphatic rings. The maximum Gasteiger partial charge on any atom is 0.427 e. The molecule has 2 rings (SSSR count). The molecule has 0 aliphatic carbocycles. The third-order valence-corrected chi connectivity index (χ3v) is 3.41. The summed E-state index contributed by atoms with van der Waals surface area (Å²) in [7, 11) is 0. The molecular formula is C12H9F6N3OS. The molecule has 0 radical (unpaired) electrons. The van der Waals surface area contributed by atoms with Crippen LogP contribution < -0.4 is 10.1 Å². The summed E-state index contributed by atoms with van der Waals surface area (Å²) in [5.41, 5.74) is 0.549. The van der Waals surface area contributed by atoms with Crippen molar-refractivity contribution in [2.75, 3.05) is 11.9 Å². The van der Waals surface area contributed by atoms with Crippen LogP contribution in [-0.4, -0.2) is 22.8 Å². The number of halogens is 6. The second-order valence-electron chi connectivity index (χ2n) is 4.29. The Morgan fingerprint density at radius 2 is 1.78 bits per heavy atom. The number of hydrogen-bond donors (Lipinski definition) is 1. The van der Waals surface area contributed by atoms with Gasteiger partial charge in [-0.25, -0.2) is 9.97 Å². The summed E-state index contributed by atoms with van der Waals surface area (Å²) in [6, 6.07) is 2.69. The summed E-state index contributed by atoms with van der Waals surface area (Å²) < 4.78 is 77.5. The van der Waals surface area contributed by atoms with Gasteiger partial charge in [-0.2, -0.15) is 26.3 Å². The van der Waals surface area contributed by atoms with E-state index in [1.54, 1.807) is 0 Å². The fourth-order valence-corrected chi connectivity index (χ4v) is 2.10. The third kappa shape index (κ3) is 5.58. The van der Waals surface area contributed by atoms with Gasteiger partial charge in [0.1, 0.15) is 4.88 Å². The van der Waals surface area contributed by atoms with Crippen LogP contribution in [0.3, 0.4) is 0 Å². The summed E-state index contributed by atoms with van der Waals surface area (Å²) in [6.07, 6.45) is -6.92. The van der Waals surface area contributed by atoms with Gasteiger partial charge < -0.3 is 10.1 Å². The Morgan fingerprint density at radius 3 is 2.30 bits per heavy atom. The molecule has 0 amide bonds. The van der Waals surface area contributed by atoms with Crippen molar-refractivity contribution in [1.29, 1.82) is 0 Å². The normalized spacial score (nSPS) is 12.3. The highest BCUT2D eigenvalue weighted by atomic mass is 32.1. The van der Waals surface area contributed by atoms with Gasteiger partial charge in [0.2, 0.25) is 5.88 Å². The number of thiazole rings is 1. The molecule has 23 heavy (non-hydrogen) atoms. The van der Waals surface area contributed by atoms with Crippen molar-refractivity contribution in [1.82, 2.24) is 9.97 Å². The van der Waals surface area contributed by atoms with Crippen LogP contribution in [0.5, 0.6) is 5.88 Å². The summed E-state index contributed by atoms with van der Waals surface area (Å²) in [4.78, 5) is 6.44. The van der Waals surface area contributed by atoms with Gasteiger partial charge in [0.05, 0.1) is 6.20 Å². The topological polar surface area (TPSA) is 47.0 Å².